The predicted octanol–water partition coefficient (Wildman–Crippen LogP) is 2.07. The van der Waals surface area contributed by atoms with Gasteiger partial charge in [0, 0.05) is 23.9 Å². The zero-order valence-corrected chi connectivity index (χ0v) is 8.29. The molecule has 2 heterocycles. The van der Waals surface area contributed by atoms with E-state index >= 15 is 0 Å². The largest absolute Gasteiger partial charge is 0.354 e. The molecule has 4 heteroatoms. The third-order valence-electron chi connectivity index (χ3n) is 2.49. The summed E-state index contributed by atoms with van der Waals surface area (Å²) in [6, 6.07) is 4.01. The quantitative estimate of drug-likeness (QED) is 0.617. The molecule has 0 aliphatic heterocycles. The minimum atomic E-state index is 0.618. The molecule has 3 nitrogen and oxygen atoms in total. The number of nitrogens with zero attached hydrogens (tertiary/aromatic N) is 2. The van der Waals surface area contributed by atoms with Crippen LogP contribution in [0.5, 0.6) is 0 Å². The number of aromatic nitrogens is 2. The number of rotatable bonds is 1. The van der Waals surface area contributed by atoms with Crippen molar-refractivity contribution in [2.45, 2.75) is 12.2 Å². The molecule has 0 atom stereocenters. The molecule has 1 aliphatic rings. The van der Waals surface area contributed by atoms with Gasteiger partial charge in [0.25, 0.3) is 0 Å². The minimum Gasteiger partial charge on any atom is -0.354 e. The molecule has 2 aromatic heterocycles. The summed E-state index contributed by atoms with van der Waals surface area (Å²) in [7, 11) is 0. The van der Waals surface area contributed by atoms with Crippen molar-refractivity contribution >= 4 is 12.6 Å². The molecule has 2 aromatic rings. The summed E-state index contributed by atoms with van der Waals surface area (Å²) in [4.78, 5) is 4.29. The molecule has 0 spiro atoms. The lowest BCUT2D eigenvalue weighted by Gasteiger charge is -1.94. The number of pyridine rings is 1. The minimum absolute atomic E-state index is 0.618. The molecule has 70 valence electrons. The highest BCUT2D eigenvalue weighted by atomic mass is 32.1. The van der Waals surface area contributed by atoms with Gasteiger partial charge in [-0.25, -0.2) is 0 Å². The maximum atomic E-state index is 5.26. The van der Waals surface area contributed by atoms with E-state index in [1.165, 1.54) is 5.56 Å². The van der Waals surface area contributed by atoms with Gasteiger partial charge in [0.2, 0.25) is 0 Å². The first-order valence-corrected chi connectivity index (χ1v) is 5.06. The maximum absolute atomic E-state index is 5.26. The zero-order chi connectivity index (χ0) is 9.54. The first-order chi connectivity index (χ1) is 6.90. The van der Waals surface area contributed by atoms with Crippen molar-refractivity contribution in [2.24, 2.45) is 0 Å². The first-order valence-electron chi connectivity index (χ1n) is 4.42. The number of thiol groups is 1. The van der Waals surface area contributed by atoms with Crippen molar-refractivity contribution in [2.75, 3.05) is 0 Å². The van der Waals surface area contributed by atoms with Crippen LogP contribution in [0.25, 0.3) is 11.5 Å². The molecular weight excluding hydrogens is 196 g/mol. The van der Waals surface area contributed by atoms with E-state index in [2.05, 4.69) is 28.8 Å². The Hall–Kier alpha value is -1.29. The van der Waals surface area contributed by atoms with Crippen LogP contribution in [0.2, 0.25) is 0 Å². The van der Waals surface area contributed by atoms with Gasteiger partial charge in [-0.15, -0.1) is 0 Å². The number of fused-ring (bicyclic) bond motifs is 3. The highest BCUT2D eigenvalue weighted by Crippen LogP contribution is 2.36. The van der Waals surface area contributed by atoms with Crippen molar-refractivity contribution in [3.05, 3.63) is 35.2 Å². The summed E-state index contributed by atoms with van der Waals surface area (Å²) in [5, 5.41) is 3.96. The van der Waals surface area contributed by atoms with Crippen LogP contribution in [0, 0.1) is 0 Å². The van der Waals surface area contributed by atoms with Crippen molar-refractivity contribution in [3.8, 4) is 11.5 Å². The van der Waals surface area contributed by atoms with Crippen LogP contribution in [0.15, 0.2) is 22.9 Å². The number of hydrogen-bond donors (Lipinski definition) is 1. The van der Waals surface area contributed by atoms with Crippen molar-refractivity contribution in [1.82, 2.24) is 10.1 Å². The lowest BCUT2D eigenvalue weighted by Crippen LogP contribution is -1.87. The van der Waals surface area contributed by atoms with Gasteiger partial charge in [0.15, 0.2) is 5.76 Å². The van der Waals surface area contributed by atoms with Gasteiger partial charge < -0.3 is 4.52 Å². The van der Waals surface area contributed by atoms with E-state index in [-0.39, 0.29) is 0 Å². The van der Waals surface area contributed by atoms with E-state index < -0.39 is 0 Å². The average Bonchev–Trinajstić information content (AvgIpc) is 2.75. The van der Waals surface area contributed by atoms with E-state index in [1.54, 1.807) is 6.20 Å². The smallest absolute Gasteiger partial charge is 0.189 e. The van der Waals surface area contributed by atoms with Crippen molar-refractivity contribution in [1.29, 1.82) is 0 Å². The molecule has 0 amide bonds. The van der Waals surface area contributed by atoms with E-state index in [1.807, 2.05) is 6.07 Å². The number of hydrogen-bond acceptors (Lipinski definition) is 4. The Kier molecular flexibility index (Phi) is 1.64. The fourth-order valence-corrected chi connectivity index (χ4v) is 2.06. The normalized spacial score (nSPS) is 12.6. The summed E-state index contributed by atoms with van der Waals surface area (Å²) < 4.78 is 5.26. The van der Waals surface area contributed by atoms with Gasteiger partial charge in [-0.2, -0.15) is 12.6 Å². The van der Waals surface area contributed by atoms with Crippen LogP contribution < -0.4 is 0 Å². The summed E-state index contributed by atoms with van der Waals surface area (Å²) in [6.45, 7) is 0. The molecular formula is C10H8N2OS. The Morgan fingerprint density at radius 1 is 1.50 bits per heavy atom. The van der Waals surface area contributed by atoms with Gasteiger partial charge in [-0.1, -0.05) is 11.2 Å². The van der Waals surface area contributed by atoms with Gasteiger partial charge in [0.05, 0.1) is 5.69 Å². The SMILES string of the molecule is SCc1noc2c1Cc1cccnc1-2. The Bertz CT molecular complexity index is 493. The average molecular weight is 204 g/mol. The zero-order valence-electron chi connectivity index (χ0n) is 7.40. The molecule has 14 heavy (non-hydrogen) atoms. The van der Waals surface area contributed by atoms with Crippen LogP contribution in [0.1, 0.15) is 16.8 Å². The highest BCUT2D eigenvalue weighted by Gasteiger charge is 2.26. The Balaban J connectivity index is 2.23. The monoisotopic (exact) mass is 204 g/mol. The molecule has 0 bridgehead atoms. The van der Waals surface area contributed by atoms with Crippen molar-refractivity contribution < 1.29 is 4.52 Å². The van der Waals surface area contributed by atoms with Crippen LogP contribution >= 0.6 is 12.6 Å². The lowest BCUT2D eigenvalue weighted by atomic mass is 10.2. The van der Waals surface area contributed by atoms with E-state index in [4.69, 9.17) is 4.52 Å². The Labute approximate surface area is 86.6 Å². The Morgan fingerprint density at radius 2 is 2.43 bits per heavy atom. The summed E-state index contributed by atoms with van der Waals surface area (Å²) in [5.74, 6) is 1.44. The highest BCUT2D eigenvalue weighted by molar-refractivity contribution is 7.79. The molecule has 0 radical (unpaired) electrons. The predicted molar refractivity (Wildman–Crippen MR) is 55.2 cm³/mol. The molecule has 0 saturated heterocycles. The summed E-state index contributed by atoms with van der Waals surface area (Å²) >= 11 is 4.21. The summed E-state index contributed by atoms with van der Waals surface area (Å²) in [5.41, 5.74) is 4.23. The molecule has 1 aliphatic carbocycles. The fraction of sp³-hybridized carbons (Fsp3) is 0.200. The molecule has 0 unspecified atom stereocenters. The third kappa shape index (κ3) is 0.944. The van der Waals surface area contributed by atoms with Crippen LogP contribution in [-0.2, 0) is 12.2 Å². The standard InChI is InChI=1S/C10H8N2OS/c14-5-8-7-4-6-2-1-3-11-9(6)10(7)13-12-8/h1-3,14H,4-5H2. The maximum Gasteiger partial charge on any atom is 0.189 e. The Morgan fingerprint density at radius 3 is 3.29 bits per heavy atom. The lowest BCUT2D eigenvalue weighted by molar-refractivity contribution is 0.425. The second-order valence-electron chi connectivity index (χ2n) is 3.28. The fourth-order valence-electron chi connectivity index (χ4n) is 1.81. The first kappa shape index (κ1) is 8.05. The molecule has 0 aromatic carbocycles. The second-order valence-corrected chi connectivity index (χ2v) is 3.60. The summed E-state index contributed by atoms with van der Waals surface area (Å²) in [6.07, 6.45) is 2.65. The van der Waals surface area contributed by atoms with E-state index in [9.17, 15) is 0 Å². The molecule has 3 rings (SSSR count). The van der Waals surface area contributed by atoms with Crippen LogP contribution in [0.4, 0.5) is 0 Å². The third-order valence-corrected chi connectivity index (χ3v) is 2.79. The molecule has 0 N–H and O–H groups in total. The van der Waals surface area contributed by atoms with Gasteiger partial charge in [-0.05, 0) is 11.6 Å². The van der Waals surface area contributed by atoms with E-state index in [0.717, 1.165) is 29.1 Å². The molecule has 0 saturated carbocycles. The second kappa shape index (κ2) is 2.85. The van der Waals surface area contributed by atoms with Gasteiger partial charge in [0.1, 0.15) is 5.69 Å². The van der Waals surface area contributed by atoms with Crippen LogP contribution in [-0.4, -0.2) is 10.1 Å². The topological polar surface area (TPSA) is 38.9 Å². The van der Waals surface area contributed by atoms with Crippen molar-refractivity contribution in [3.63, 3.8) is 0 Å². The van der Waals surface area contributed by atoms with Crippen LogP contribution in [0.3, 0.4) is 0 Å². The van der Waals surface area contributed by atoms with Gasteiger partial charge in [-0.3, -0.25) is 4.98 Å². The van der Waals surface area contributed by atoms with E-state index in [0.29, 0.717) is 5.75 Å². The van der Waals surface area contributed by atoms with Gasteiger partial charge >= 0.3 is 0 Å². The molecule has 0 fully saturated rings.